The first-order chi connectivity index (χ1) is 7.25. The molecular weight excluding hydrogens is 189 g/mol. The highest BCUT2D eigenvalue weighted by Gasteiger charge is 2.15. The lowest BCUT2D eigenvalue weighted by Crippen LogP contribution is -2.10. The van der Waals surface area contributed by atoms with E-state index in [0.717, 1.165) is 17.7 Å². The predicted molar refractivity (Wildman–Crippen MR) is 61.1 cm³/mol. The second kappa shape index (κ2) is 4.65. The first-order valence-electron chi connectivity index (χ1n) is 5.79. The molecule has 0 atom stereocenters. The van der Waals surface area contributed by atoms with Gasteiger partial charge in [0.25, 0.3) is 0 Å². The lowest BCUT2D eigenvalue weighted by atomic mass is 9.84. The van der Waals surface area contributed by atoms with Crippen molar-refractivity contribution in [3.63, 3.8) is 0 Å². The SMILES string of the molecule is Nc1ccc(F)cc1CC1CCCCC1. The predicted octanol–water partition coefficient (Wildman–Crippen LogP) is 3.53. The number of benzene rings is 1. The molecule has 0 spiro atoms. The number of halogens is 1. The Morgan fingerprint density at radius 2 is 1.93 bits per heavy atom. The fourth-order valence-corrected chi connectivity index (χ4v) is 2.45. The summed E-state index contributed by atoms with van der Waals surface area (Å²) in [7, 11) is 0. The molecule has 2 heteroatoms. The van der Waals surface area contributed by atoms with Crippen LogP contribution in [0.3, 0.4) is 0 Å². The van der Waals surface area contributed by atoms with Crippen LogP contribution in [-0.4, -0.2) is 0 Å². The average molecular weight is 207 g/mol. The Balaban J connectivity index is 2.05. The maximum absolute atomic E-state index is 13.0. The summed E-state index contributed by atoms with van der Waals surface area (Å²) in [6, 6.07) is 4.69. The normalized spacial score (nSPS) is 17.9. The fraction of sp³-hybridized carbons (Fsp3) is 0.538. The highest BCUT2D eigenvalue weighted by atomic mass is 19.1. The smallest absolute Gasteiger partial charge is 0.123 e. The van der Waals surface area contributed by atoms with E-state index < -0.39 is 0 Å². The van der Waals surface area contributed by atoms with Crippen molar-refractivity contribution in [1.29, 1.82) is 0 Å². The van der Waals surface area contributed by atoms with Crippen molar-refractivity contribution < 1.29 is 4.39 Å². The third-order valence-electron chi connectivity index (χ3n) is 3.34. The molecule has 0 amide bonds. The molecule has 0 bridgehead atoms. The molecule has 1 nitrogen and oxygen atoms in total. The number of hydrogen-bond donors (Lipinski definition) is 1. The molecule has 0 heterocycles. The molecule has 0 aromatic heterocycles. The monoisotopic (exact) mass is 207 g/mol. The zero-order chi connectivity index (χ0) is 10.7. The van der Waals surface area contributed by atoms with Crippen LogP contribution in [0.25, 0.3) is 0 Å². The topological polar surface area (TPSA) is 26.0 Å². The molecule has 0 saturated heterocycles. The van der Waals surface area contributed by atoms with Crippen molar-refractivity contribution in [2.24, 2.45) is 5.92 Å². The van der Waals surface area contributed by atoms with Gasteiger partial charge in [0, 0.05) is 5.69 Å². The molecule has 1 aromatic rings. The van der Waals surface area contributed by atoms with Crippen molar-refractivity contribution in [2.75, 3.05) is 5.73 Å². The van der Waals surface area contributed by atoms with Gasteiger partial charge in [0.1, 0.15) is 5.82 Å². The highest BCUT2D eigenvalue weighted by molar-refractivity contribution is 5.46. The van der Waals surface area contributed by atoms with Gasteiger partial charge in [0.2, 0.25) is 0 Å². The van der Waals surface area contributed by atoms with Crippen molar-refractivity contribution in [2.45, 2.75) is 38.5 Å². The van der Waals surface area contributed by atoms with Crippen LogP contribution in [0.5, 0.6) is 0 Å². The number of rotatable bonds is 2. The summed E-state index contributed by atoms with van der Waals surface area (Å²) in [5, 5.41) is 0. The third kappa shape index (κ3) is 2.71. The van der Waals surface area contributed by atoms with Gasteiger partial charge in [-0.1, -0.05) is 32.1 Å². The molecule has 0 unspecified atom stereocenters. The Hall–Kier alpha value is -1.05. The Morgan fingerprint density at radius 3 is 2.67 bits per heavy atom. The van der Waals surface area contributed by atoms with E-state index in [-0.39, 0.29) is 5.82 Å². The van der Waals surface area contributed by atoms with Gasteiger partial charge >= 0.3 is 0 Å². The minimum Gasteiger partial charge on any atom is -0.399 e. The van der Waals surface area contributed by atoms with Gasteiger partial charge in [-0.3, -0.25) is 0 Å². The van der Waals surface area contributed by atoms with Crippen molar-refractivity contribution in [3.05, 3.63) is 29.6 Å². The van der Waals surface area contributed by atoms with Crippen LogP contribution >= 0.6 is 0 Å². The van der Waals surface area contributed by atoms with E-state index in [1.807, 2.05) is 0 Å². The van der Waals surface area contributed by atoms with Crippen LogP contribution in [0, 0.1) is 11.7 Å². The molecule has 1 fully saturated rings. The molecule has 0 radical (unpaired) electrons. The molecular formula is C13H18FN. The number of nitrogen functional groups attached to an aromatic ring is 1. The van der Waals surface area contributed by atoms with E-state index >= 15 is 0 Å². The van der Waals surface area contributed by atoms with Gasteiger partial charge < -0.3 is 5.73 Å². The van der Waals surface area contributed by atoms with Crippen molar-refractivity contribution in [1.82, 2.24) is 0 Å². The zero-order valence-electron chi connectivity index (χ0n) is 9.01. The number of anilines is 1. The minimum atomic E-state index is -0.171. The van der Waals surface area contributed by atoms with Crippen LogP contribution in [0.2, 0.25) is 0 Å². The Morgan fingerprint density at radius 1 is 1.20 bits per heavy atom. The zero-order valence-corrected chi connectivity index (χ0v) is 9.01. The molecule has 2 N–H and O–H groups in total. The first kappa shape index (κ1) is 10.5. The summed E-state index contributed by atoms with van der Waals surface area (Å²) < 4.78 is 13.0. The largest absolute Gasteiger partial charge is 0.399 e. The van der Waals surface area contributed by atoms with Gasteiger partial charge in [-0.2, -0.15) is 0 Å². The van der Waals surface area contributed by atoms with Gasteiger partial charge in [-0.15, -0.1) is 0 Å². The Kier molecular flexibility index (Phi) is 3.24. The maximum Gasteiger partial charge on any atom is 0.123 e. The molecule has 1 saturated carbocycles. The van der Waals surface area contributed by atoms with Gasteiger partial charge in [-0.25, -0.2) is 4.39 Å². The van der Waals surface area contributed by atoms with E-state index in [2.05, 4.69) is 0 Å². The Labute approximate surface area is 90.5 Å². The van der Waals surface area contributed by atoms with Crippen LogP contribution < -0.4 is 5.73 Å². The van der Waals surface area contributed by atoms with E-state index in [1.54, 1.807) is 12.1 Å². The fourth-order valence-electron chi connectivity index (χ4n) is 2.45. The molecule has 2 rings (SSSR count). The molecule has 15 heavy (non-hydrogen) atoms. The summed E-state index contributed by atoms with van der Waals surface area (Å²) >= 11 is 0. The molecule has 1 aromatic carbocycles. The quantitative estimate of drug-likeness (QED) is 0.738. The van der Waals surface area contributed by atoms with E-state index in [0.29, 0.717) is 5.92 Å². The van der Waals surface area contributed by atoms with E-state index in [4.69, 9.17) is 5.73 Å². The standard InChI is InChI=1S/C13H18FN/c14-12-6-7-13(15)11(9-12)8-10-4-2-1-3-5-10/h6-7,9-10H,1-5,8,15H2. The molecule has 1 aliphatic rings. The summed E-state index contributed by atoms with van der Waals surface area (Å²) in [4.78, 5) is 0. The minimum absolute atomic E-state index is 0.171. The summed E-state index contributed by atoms with van der Waals surface area (Å²) in [5.74, 6) is 0.540. The Bertz CT molecular complexity index is 329. The van der Waals surface area contributed by atoms with Crippen LogP contribution in [-0.2, 0) is 6.42 Å². The number of hydrogen-bond acceptors (Lipinski definition) is 1. The molecule has 0 aliphatic heterocycles. The molecule has 82 valence electrons. The lowest BCUT2D eigenvalue weighted by molar-refractivity contribution is 0.356. The summed E-state index contributed by atoms with van der Waals surface area (Å²) in [5.41, 5.74) is 7.57. The van der Waals surface area contributed by atoms with Gasteiger partial charge in [-0.05, 0) is 36.1 Å². The van der Waals surface area contributed by atoms with E-state index in [1.165, 1.54) is 38.2 Å². The van der Waals surface area contributed by atoms with Crippen molar-refractivity contribution >= 4 is 5.69 Å². The third-order valence-corrected chi connectivity index (χ3v) is 3.34. The molecule has 1 aliphatic carbocycles. The average Bonchev–Trinajstić information content (AvgIpc) is 2.25. The first-order valence-corrected chi connectivity index (χ1v) is 5.79. The maximum atomic E-state index is 13.0. The van der Waals surface area contributed by atoms with Crippen LogP contribution in [0.4, 0.5) is 10.1 Å². The summed E-state index contributed by atoms with van der Waals surface area (Å²) in [6.45, 7) is 0. The van der Waals surface area contributed by atoms with Crippen LogP contribution in [0.15, 0.2) is 18.2 Å². The second-order valence-corrected chi connectivity index (χ2v) is 4.55. The van der Waals surface area contributed by atoms with Crippen LogP contribution in [0.1, 0.15) is 37.7 Å². The van der Waals surface area contributed by atoms with Gasteiger partial charge in [0.05, 0.1) is 0 Å². The van der Waals surface area contributed by atoms with Gasteiger partial charge in [0.15, 0.2) is 0 Å². The summed E-state index contributed by atoms with van der Waals surface area (Å²) in [6.07, 6.45) is 7.49. The lowest BCUT2D eigenvalue weighted by Gasteiger charge is -2.22. The highest BCUT2D eigenvalue weighted by Crippen LogP contribution is 2.28. The van der Waals surface area contributed by atoms with Crippen molar-refractivity contribution in [3.8, 4) is 0 Å². The second-order valence-electron chi connectivity index (χ2n) is 4.55. The number of nitrogens with two attached hydrogens (primary N) is 1. The van der Waals surface area contributed by atoms with E-state index in [9.17, 15) is 4.39 Å².